The van der Waals surface area contributed by atoms with Crippen LogP contribution in [-0.4, -0.2) is 33.4 Å². The van der Waals surface area contributed by atoms with Crippen LogP contribution in [0.15, 0.2) is 41.3 Å². The van der Waals surface area contributed by atoms with Gasteiger partial charge in [-0.3, -0.25) is 4.79 Å². The number of hydrogen-bond acceptors (Lipinski definition) is 4. The minimum Gasteiger partial charge on any atom is -0.496 e. The molecule has 0 fully saturated rings. The van der Waals surface area contributed by atoms with Gasteiger partial charge in [0.25, 0.3) is 5.91 Å². The van der Waals surface area contributed by atoms with Gasteiger partial charge in [0.1, 0.15) is 11.6 Å². The molecule has 0 saturated carbocycles. The van der Waals surface area contributed by atoms with Crippen LogP contribution in [0.3, 0.4) is 0 Å². The summed E-state index contributed by atoms with van der Waals surface area (Å²) in [4.78, 5) is 13.7. The fourth-order valence-electron chi connectivity index (χ4n) is 2.23. The maximum atomic E-state index is 13.9. The third-order valence-corrected chi connectivity index (χ3v) is 4.80. The summed E-state index contributed by atoms with van der Waals surface area (Å²) in [6.45, 7) is -0.104. The normalized spacial score (nSPS) is 11.2. The molecule has 0 spiro atoms. The van der Waals surface area contributed by atoms with Crippen LogP contribution in [0.4, 0.5) is 4.39 Å². The quantitative estimate of drug-likeness (QED) is 0.854. The second-order valence-corrected chi connectivity index (χ2v) is 7.24. The third kappa shape index (κ3) is 4.28. The van der Waals surface area contributed by atoms with Gasteiger partial charge in [-0.15, -0.1) is 0 Å². The summed E-state index contributed by atoms with van der Waals surface area (Å²) in [5, 5.41) is 5.28. The number of carbonyl (C=O) groups is 1. The molecular formula is C16H16ClFN2O4S. The zero-order valence-corrected chi connectivity index (χ0v) is 15.1. The first-order valence-electron chi connectivity index (χ1n) is 7.04. The number of carbonyl (C=O) groups excluding carboxylic acids is 1. The lowest BCUT2D eigenvalue weighted by atomic mass is 10.1. The summed E-state index contributed by atoms with van der Waals surface area (Å²) in [7, 11) is -1.21. The van der Waals surface area contributed by atoms with Crippen LogP contribution >= 0.6 is 11.6 Å². The largest absolute Gasteiger partial charge is 0.496 e. The Labute approximate surface area is 150 Å². The first-order chi connectivity index (χ1) is 11.6. The zero-order valence-electron chi connectivity index (χ0n) is 13.5. The number of primary sulfonamides is 1. The Kier molecular flexibility index (Phi) is 5.66. The standard InChI is InChI=1S/C16H16ClFN2O4S/c1-20(9-12-13(17)4-3-5-14(12)18)16(21)11-8-10(25(19,22)23)6-7-15(11)24-2/h3-8H,9H2,1-2H3,(H2,19,22,23). The van der Waals surface area contributed by atoms with Gasteiger partial charge in [0.2, 0.25) is 10.0 Å². The van der Waals surface area contributed by atoms with Crippen LogP contribution in [0.25, 0.3) is 0 Å². The SMILES string of the molecule is COc1ccc(S(N)(=O)=O)cc1C(=O)N(C)Cc1c(F)cccc1Cl. The second-order valence-electron chi connectivity index (χ2n) is 5.27. The van der Waals surface area contributed by atoms with Crippen LogP contribution in [0.2, 0.25) is 5.02 Å². The number of hydrogen-bond donors (Lipinski definition) is 1. The molecule has 0 aliphatic heterocycles. The number of sulfonamides is 1. The molecule has 0 atom stereocenters. The predicted octanol–water partition coefficient (Wildman–Crippen LogP) is 2.41. The van der Waals surface area contributed by atoms with E-state index in [2.05, 4.69) is 0 Å². The Hall–Kier alpha value is -2.16. The summed E-state index contributed by atoms with van der Waals surface area (Å²) in [6.07, 6.45) is 0. The Morgan fingerprint density at radius 1 is 1.32 bits per heavy atom. The summed E-state index contributed by atoms with van der Waals surface area (Å²) in [5.74, 6) is -0.942. The van der Waals surface area contributed by atoms with E-state index in [1.807, 2.05) is 0 Å². The molecule has 2 rings (SSSR count). The maximum Gasteiger partial charge on any atom is 0.257 e. The molecule has 2 N–H and O–H groups in total. The van der Waals surface area contributed by atoms with Crippen molar-refractivity contribution in [2.75, 3.05) is 14.2 Å². The topological polar surface area (TPSA) is 89.7 Å². The average Bonchev–Trinajstić information content (AvgIpc) is 2.56. The van der Waals surface area contributed by atoms with E-state index in [9.17, 15) is 17.6 Å². The molecule has 2 aromatic rings. The van der Waals surface area contributed by atoms with Crippen LogP contribution in [0.1, 0.15) is 15.9 Å². The Morgan fingerprint density at radius 2 is 2.00 bits per heavy atom. The number of halogens is 2. The fourth-order valence-corrected chi connectivity index (χ4v) is 2.99. The monoisotopic (exact) mass is 386 g/mol. The van der Waals surface area contributed by atoms with E-state index in [0.717, 1.165) is 6.07 Å². The highest BCUT2D eigenvalue weighted by atomic mass is 35.5. The molecule has 9 heteroatoms. The van der Waals surface area contributed by atoms with Crippen LogP contribution < -0.4 is 9.88 Å². The van der Waals surface area contributed by atoms with E-state index >= 15 is 0 Å². The van der Waals surface area contributed by atoms with Gasteiger partial charge >= 0.3 is 0 Å². The van der Waals surface area contributed by atoms with Crippen LogP contribution in [0, 0.1) is 5.82 Å². The molecule has 6 nitrogen and oxygen atoms in total. The van der Waals surface area contributed by atoms with Crippen molar-refractivity contribution in [2.24, 2.45) is 5.14 Å². The van der Waals surface area contributed by atoms with Crippen molar-refractivity contribution >= 4 is 27.5 Å². The summed E-state index contributed by atoms with van der Waals surface area (Å²) in [5.41, 5.74) is 0.144. The summed E-state index contributed by atoms with van der Waals surface area (Å²) in [6, 6.07) is 7.90. The molecule has 0 aromatic heterocycles. The number of amides is 1. The molecule has 134 valence electrons. The number of ether oxygens (including phenoxy) is 1. The highest BCUT2D eigenvalue weighted by Gasteiger charge is 2.21. The van der Waals surface area contributed by atoms with Gasteiger partial charge < -0.3 is 9.64 Å². The van der Waals surface area contributed by atoms with Crippen molar-refractivity contribution in [2.45, 2.75) is 11.4 Å². The number of nitrogens with zero attached hydrogens (tertiary/aromatic N) is 1. The van der Waals surface area contributed by atoms with E-state index < -0.39 is 21.7 Å². The molecule has 1 amide bonds. The fraction of sp³-hybridized carbons (Fsp3) is 0.188. The Balaban J connectivity index is 2.39. The van der Waals surface area contributed by atoms with Crippen LogP contribution in [-0.2, 0) is 16.6 Å². The number of nitrogens with two attached hydrogens (primary N) is 1. The zero-order chi connectivity index (χ0) is 18.8. The third-order valence-electron chi connectivity index (χ3n) is 3.53. The molecular weight excluding hydrogens is 371 g/mol. The number of methoxy groups -OCH3 is 1. The minimum absolute atomic E-state index is 0.0102. The maximum absolute atomic E-state index is 13.9. The van der Waals surface area contributed by atoms with Gasteiger partial charge in [-0.2, -0.15) is 0 Å². The molecule has 0 bridgehead atoms. The van der Waals surface area contributed by atoms with E-state index in [1.54, 1.807) is 0 Å². The van der Waals surface area contributed by atoms with Gasteiger partial charge in [-0.25, -0.2) is 17.9 Å². The number of benzene rings is 2. The van der Waals surface area contributed by atoms with Crippen LogP contribution in [0.5, 0.6) is 5.75 Å². The van der Waals surface area contributed by atoms with Gasteiger partial charge in [0.05, 0.1) is 17.6 Å². The first kappa shape index (κ1) is 19.2. The summed E-state index contributed by atoms with van der Waals surface area (Å²) >= 11 is 5.97. The number of rotatable bonds is 5. The molecule has 0 aliphatic carbocycles. The van der Waals surface area contributed by atoms with Crippen molar-refractivity contribution in [3.05, 3.63) is 58.4 Å². The van der Waals surface area contributed by atoms with E-state index in [0.29, 0.717) is 0 Å². The van der Waals surface area contributed by atoms with Crippen molar-refractivity contribution in [1.82, 2.24) is 4.90 Å². The van der Waals surface area contributed by atoms with E-state index in [4.69, 9.17) is 21.5 Å². The van der Waals surface area contributed by atoms with Crippen molar-refractivity contribution in [1.29, 1.82) is 0 Å². The Bertz CT molecular complexity index is 898. The van der Waals surface area contributed by atoms with Crippen molar-refractivity contribution < 1.29 is 22.3 Å². The molecule has 2 aromatic carbocycles. The van der Waals surface area contributed by atoms with Gasteiger partial charge in [0, 0.05) is 24.2 Å². The lowest BCUT2D eigenvalue weighted by Gasteiger charge is -2.20. The van der Waals surface area contributed by atoms with E-state index in [-0.39, 0.29) is 33.3 Å². The molecule has 0 heterocycles. The van der Waals surface area contributed by atoms with Gasteiger partial charge in [-0.1, -0.05) is 17.7 Å². The smallest absolute Gasteiger partial charge is 0.257 e. The Morgan fingerprint density at radius 3 is 2.56 bits per heavy atom. The van der Waals surface area contributed by atoms with Crippen molar-refractivity contribution in [3.63, 3.8) is 0 Å². The molecule has 0 saturated heterocycles. The second kappa shape index (κ2) is 7.38. The molecule has 25 heavy (non-hydrogen) atoms. The lowest BCUT2D eigenvalue weighted by Crippen LogP contribution is -2.27. The molecule has 0 aliphatic rings. The highest BCUT2D eigenvalue weighted by molar-refractivity contribution is 7.89. The lowest BCUT2D eigenvalue weighted by molar-refractivity contribution is 0.0780. The molecule has 0 radical (unpaired) electrons. The first-order valence-corrected chi connectivity index (χ1v) is 8.96. The average molecular weight is 387 g/mol. The minimum atomic E-state index is -3.99. The molecule has 0 unspecified atom stereocenters. The highest BCUT2D eigenvalue weighted by Crippen LogP contribution is 2.25. The van der Waals surface area contributed by atoms with Gasteiger partial charge in [0.15, 0.2) is 0 Å². The van der Waals surface area contributed by atoms with Gasteiger partial charge in [-0.05, 0) is 30.3 Å². The van der Waals surface area contributed by atoms with Crippen molar-refractivity contribution in [3.8, 4) is 5.75 Å². The van der Waals surface area contributed by atoms with E-state index in [1.165, 1.54) is 49.4 Å². The predicted molar refractivity (Wildman–Crippen MR) is 91.6 cm³/mol. The summed E-state index contributed by atoms with van der Waals surface area (Å²) < 4.78 is 42.0.